The van der Waals surface area contributed by atoms with E-state index in [9.17, 15) is 0 Å². The second-order valence-electron chi connectivity index (χ2n) is 5.76. The maximum Gasteiger partial charge on any atom is 0.0495 e. The Morgan fingerprint density at radius 2 is 2.00 bits per heavy atom. The van der Waals surface area contributed by atoms with Crippen LogP contribution in [0.3, 0.4) is 0 Å². The molecule has 1 atom stereocenters. The van der Waals surface area contributed by atoms with Crippen LogP contribution in [-0.4, -0.2) is 23.6 Å². The summed E-state index contributed by atoms with van der Waals surface area (Å²) in [6.45, 7) is 5.56. The number of hydrogen-bond donors (Lipinski definition) is 2. The standard InChI is InChI=1S/C17H21N3/c1-11(2)14(9-18-3)12-4-5-13-15-10-19-7-6-16(15)20-17(13)8-12/h4-8,10-11,14,18,20H,9H2,1-3H3. The van der Waals surface area contributed by atoms with Crippen LogP contribution in [0.15, 0.2) is 36.7 Å². The van der Waals surface area contributed by atoms with Crippen molar-refractivity contribution in [3.05, 3.63) is 42.2 Å². The summed E-state index contributed by atoms with van der Waals surface area (Å²) in [5.41, 5.74) is 3.75. The van der Waals surface area contributed by atoms with E-state index in [4.69, 9.17) is 0 Å². The summed E-state index contributed by atoms with van der Waals surface area (Å²) in [5.74, 6) is 1.15. The smallest absolute Gasteiger partial charge is 0.0495 e. The number of pyridine rings is 1. The van der Waals surface area contributed by atoms with Crippen molar-refractivity contribution < 1.29 is 0 Å². The van der Waals surface area contributed by atoms with Crippen LogP contribution in [0.25, 0.3) is 21.8 Å². The number of likely N-dealkylation sites (N-methyl/N-ethyl adjacent to an activating group) is 1. The van der Waals surface area contributed by atoms with Crippen LogP contribution in [0.5, 0.6) is 0 Å². The second-order valence-corrected chi connectivity index (χ2v) is 5.76. The van der Waals surface area contributed by atoms with Gasteiger partial charge < -0.3 is 10.3 Å². The van der Waals surface area contributed by atoms with Crippen LogP contribution in [0.4, 0.5) is 0 Å². The first-order valence-electron chi connectivity index (χ1n) is 7.20. The summed E-state index contributed by atoms with van der Waals surface area (Å²) in [5, 5.41) is 5.75. The summed E-state index contributed by atoms with van der Waals surface area (Å²) in [7, 11) is 2.02. The Labute approximate surface area is 119 Å². The monoisotopic (exact) mass is 267 g/mol. The van der Waals surface area contributed by atoms with Crippen LogP contribution < -0.4 is 5.32 Å². The molecule has 3 heteroatoms. The molecule has 0 aliphatic heterocycles. The van der Waals surface area contributed by atoms with Crippen molar-refractivity contribution in [1.29, 1.82) is 0 Å². The quantitative estimate of drug-likeness (QED) is 0.757. The molecule has 3 aromatic rings. The van der Waals surface area contributed by atoms with Gasteiger partial charge in [0, 0.05) is 40.7 Å². The van der Waals surface area contributed by atoms with Gasteiger partial charge in [-0.15, -0.1) is 0 Å². The molecule has 3 rings (SSSR count). The Morgan fingerprint density at radius 3 is 2.75 bits per heavy atom. The third-order valence-electron chi connectivity index (χ3n) is 4.08. The number of rotatable bonds is 4. The summed E-state index contributed by atoms with van der Waals surface area (Å²) < 4.78 is 0. The summed E-state index contributed by atoms with van der Waals surface area (Å²) in [4.78, 5) is 7.71. The van der Waals surface area contributed by atoms with E-state index in [0.717, 1.165) is 12.1 Å². The van der Waals surface area contributed by atoms with E-state index in [-0.39, 0.29) is 0 Å². The minimum absolute atomic E-state index is 0.536. The minimum atomic E-state index is 0.536. The van der Waals surface area contributed by atoms with E-state index in [1.165, 1.54) is 21.9 Å². The molecule has 2 heterocycles. The highest BCUT2D eigenvalue weighted by Gasteiger charge is 2.16. The van der Waals surface area contributed by atoms with Crippen molar-refractivity contribution in [3.63, 3.8) is 0 Å². The number of nitrogens with one attached hydrogen (secondary N) is 2. The second kappa shape index (κ2) is 5.25. The van der Waals surface area contributed by atoms with Crippen LogP contribution in [0.2, 0.25) is 0 Å². The lowest BCUT2D eigenvalue weighted by atomic mass is 9.88. The Bertz CT molecular complexity index is 727. The normalized spacial score (nSPS) is 13.4. The van der Waals surface area contributed by atoms with E-state index in [1.807, 2.05) is 25.5 Å². The number of aromatic nitrogens is 2. The Morgan fingerprint density at radius 1 is 1.15 bits per heavy atom. The molecular formula is C17H21N3. The van der Waals surface area contributed by atoms with Gasteiger partial charge in [0.15, 0.2) is 0 Å². The molecule has 0 saturated carbocycles. The maximum atomic E-state index is 4.22. The van der Waals surface area contributed by atoms with Crippen molar-refractivity contribution in [2.45, 2.75) is 19.8 Å². The lowest BCUT2D eigenvalue weighted by molar-refractivity contribution is 0.479. The van der Waals surface area contributed by atoms with Gasteiger partial charge in [-0.2, -0.15) is 0 Å². The van der Waals surface area contributed by atoms with Gasteiger partial charge in [0.25, 0.3) is 0 Å². The predicted molar refractivity (Wildman–Crippen MR) is 85.1 cm³/mol. The fourth-order valence-electron chi connectivity index (χ4n) is 2.95. The number of fused-ring (bicyclic) bond motifs is 3. The fourth-order valence-corrected chi connectivity index (χ4v) is 2.95. The Balaban J connectivity index is 2.12. The highest BCUT2D eigenvalue weighted by molar-refractivity contribution is 6.06. The zero-order valence-electron chi connectivity index (χ0n) is 12.3. The molecule has 2 aromatic heterocycles. The summed E-state index contributed by atoms with van der Waals surface area (Å²) >= 11 is 0. The first-order chi connectivity index (χ1) is 9.70. The minimum Gasteiger partial charge on any atom is -0.354 e. The van der Waals surface area contributed by atoms with E-state index in [1.54, 1.807) is 0 Å². The average Bonchev–Trinajstić information content (AvgIpc) is 2.81. The van der Waals surface area contributed by atoms with Crippen LogP contribution in [-0.2, 0) is 0 Å². The molecule has 104 valence electrons. The van der Waals surface area contributed by atoms with Crippen LogP contribution in [0, 0.1) is 5.92 Å². The molecule has 0 aliphatic carbocycles. The number of aromatic amines is 1. The molecule has 0 fully saturated rings. The number of H-pyrrole nitrogens is 1. The molecule has 3 nitrogen and oxygen atoms in total. The molecular weight excluding hydrogens is 246 g/mol. The largest absolute Gasteiger partial charge is 0.354 e. The lowest BCUT2D eigenvalue weighted by Gasteiger charge is -2.21. The average molecular weight is 267 g/mol. The van der Waals surface area contributed by atoms with Gasteiger partial charge >= 0.3 is 0 Å². The fraction of sp³-hybridized carbons (Fsp3) is 0.353. The Kier molecular flexibility index (Phi) is 3.45. The van der Waals surface area contributed by atoms with Gasteiger partial charge in [-0.05, 0) is 36.6 Å². The zero-order chi connectivity index (χ0) is 14.1. The SMILES string of the molecule is CNCC(c1ccc2c(c1)[nH]c1ccncc12)C(C)C. The topological polar surface area (TPSA) is 40.7 Å². The predicted octanol–water partition coefficient (Wildman–Crippen LogP) is 3.68. The van der Waals surface area contributed by atoms with E-state index in [0.29, 0.717) is 11.8 Å². The van der Waals surface area contributed by atoms with Crippen molar-refractivity contribution >= 4 is 21.8 Å². The van der Waals surface area contributed by atoms with Gasteiger partial charge in [0.2, 0.25) is 0 Å². The van der Waals surface area contributed by atoms with Crippen LogP contribution >= 0.6 is 0 Å². The number of benzene rings is 1. The molecule has 0 aliphatic rings. The molecule has 1 unspecified atom stereocenters. The molecule has 0 spiro atoms. The third kappa shape index (κ3) is 2.18. The molecule has 2 N–H and O–H groups in total. The number of hydrogen-bond acceptors (Lipinski definition) is 2. The van der Waals surface area contributed by atoms with Gasteiger partial charge in [-0.1, -0.05) is 26.0 Å². The van der Waals surface area contributed by atoms with Crippen molar-refractivity contribution in [1.82, 2.24) is 15.3 Å². The highest BCUT2D eigenvalue weighted by Crippen LogP contribution is 2.30. The van der Waals surface area contributed by atoms with Gasteiger partial charge in [-0.3, -0.25) is 4.98 Å². The lowest BCUT2D eigenvalue weighted by Crippen LogP contribution is -2.21. The molecule has 0 saturated heterocycles. The summed E-state index contributed by atoms with van der Waals surface area (Å²) in [6.07, 6.45) is 3.76. The third-order valence-corrected chi connectivity index (χ3v) is 4.08. The first-order valence-corrected chi connectivity index (χ1v) is 7.20. The van der Waals surface area contributed by atoms with Crippen molar-refractivity contribution in [2.75, 3.05) is 13.6 Å². The molecule has 1 aromatic carbocycles. The molecule has 20 heavy (non-hydrogen) atoms. The molecule has 0 bridgehead atoms. The van der Waals surface area contributed by atoms with Crippen LogP contribution in [0.1, 0.15) is 25.3 Å². The van der Waals surface area contributed by atoms with Gasteiger partial charge in [0.1, 0.15) is 0 Å². The Hall–Kier alpha value is -1.87. The van der Waals surface area contributed by atoms with E-state index >= 15 is 0 Å². The zero-order valence-corrected chi connectivity index (χ0v) is 12.3. The highest BCUT2D eigenvalue weighted by atomic mass is 14.8. The molecule has 0 amide bonds. The summed E-state index contributed by atoms with van der Waals surface area (Å²) in [6, 6.07) is 8.79. The van der Waals surface area contributed by atoms with E-state index < -0.39 is 0 Å². The van der Waals surface area contributed by atoms with Crippen molar-refractivity contribution in [3.8, 4) is 0 Å². The number of nitrogens with zero attached hydrogens (tertiary/aromatic N) is 1. The maximum absolute atomic E-state index is 4.22. The molecule has 0 radical (unpaired) electrons. The van der Waals surface area contributed by atoms with E-state index in [2.05, 4.69) is 47.3 Å². The van der Waals surface area contributed by atoms with Gasteiger partial charge in [0.05, 0.1) is 0 Å². The first kappa shape index (κ1) is 13.1. The van der Waals surface area contributed by atoms with Crippen molar-refractivity contribution in [2.24, 2.45) is 5.92 Å². The van der Waals surface area contributed by atoms with Gasteiger partial charge in [-0.25, -0.2) is 0 Å².